The summed E-state index contributed by atoms with van der Waals surface area (Å²) < 4.78 is 2.16. The van der Waals surface area contributed by atoms with Crippen molar-refractivity contribution in [3.05, 3.63) is 114 Å². The molecular weight excluding hydrogens is 689 g/mol. The standard InChI is InChI=1S/C48H44B5N3O/c1-46(2,3)29-21-27(20-28(22-29)35-23-26(18-19-54-35)37-38(49)40(51)42(53)41(52)39(37)50)32-16-13-17-36-43(32)55-45(56(36)31-14-11-10-12-15-31)33-24-30(47(4,5)6)25-34(44(33)57)48(7,8)9/h10-25,57H,1-9H3. The Morgan fingerprint density at radius 2 is 1.14 bits per heavy atom. The van der Waals surface area contributed by atoms with Crippen molar-refractivity contribution in [3.63, 3.8) is 0 Å². The highest BCUT2D eigenvalue weighted by molar-refractivity contribution is 6.68. The largest absolute Gasteiger partial charge is 0.507 e. The molecule has 2 heterocycles. The maximum absolute atomic E-state index is 12.1. The summed E-state index contributed by atoms with van der Waals surface area (Å²) in [5, 5.41) is 12.1. The molecule has 7 rings (SSSR count). The van der Waals surface area contributed by atoms with Gasteiger partial charge in [0.05, 0.1) is 22.3 Å². The maximum atomic E-state index is 12.1. The molecule has 0 amide bonds. The van der Waals surface area contributed by atoms with Crippen LogP contribution in [0.1, 0.15) is 79.0 Å². The van der Waals surface area contributed by atoms with Crippen LogP contribution in [0.5, 0.6) is 5.75 Å². The molecule has 7 aromatic rings. The second kappa shape index (κ2) is 14.3. The van der Waals surface area contributed by atoms with Gasteiger partial charge in [0, 0.05) is 28.6 Å². The number of fused-ring (bicyclic) bond motifs is 1. The molecule has 0 saturated heterocycles. The van der Waals surface area contributed by atoms with Crippen LogP contribution >= 0.6 is 0 Å². The molecule has 2 aromatic heterocycles. The van der Waals surface area contributed by atoms with Gasteiger partial charge in [-0.3, -0.25) is 9.55 Å². The second-order valence-electron chi connectivity index (χ2n) is 18.1. The van der Waals surface area contributed by atoms with Gasteiger partial charge in [-0.1, -0.05) is 116 Å². The topological polar surface area (TPSA) is 50.9 Å². The lowest BCUT2D eigenvalue weighted by molar-refractivity contribution is 0.446. The third kappa shape index (κ3) is 7.31. The van der Waals surface area contributed by atoms with Crippen LogP contribution in [0.3, 0.4) is 0 Å². The molecule has 0 aliphatic carbocycles. The molecule has 0 aliphatic heterocycles. The van der Waals surface area contributed by atoms with Crippen molar-refractivity contribution in [2.75, 3.05) is 0 Å². The number of nitrogens with zero attached hydrogens (tertiary/aromatic N) is 3. The Morgan fingerprint density at radius 1 is 0.544 bits per heavy atom. The molecule has 0 unspecified atom stereocenters. The first kappa shape index (κ1) is 40.1. The molecule has 0 saturated carbocycles. The number of imidazole rings is 1. The Hall–Kier alpha value is -5.16. The number of phenolic OH excluding ortho intramolecular Hbond substituents is 1. The zero-order valence-corrected chi connectivity index (χ0v) is 34.4. The maximum Gasteiger partial charge on any atom is 0.149 e. The van der Waals surface area contributed by atoms with E-state index in [4.69, 9.17) is 49.2 Å². The zero-order chi connectivity index (χ0) is 41.4. The third-order valence-corrected chi connectivity index (χ3v) is 10.9. The molecule has 9 heteroatoms. The van der Waals surface area contributed by atoms with E-state index in [1.54, 1.807) is 6.20 Å². The molecule has 0 spiro atoms. The Bertz CT molecular complexity index is 2670. The Labute approximate surface area is 344 Å². The van der Waals surface area contributed by atoms with E-state index in [0.717, 1.165) is 55.7 Å². The third-order valence-electron chi connectivity index (χ3n) is 10.9. The minimum absolute atomic E-state index is 0.170. The molecule has 272 valence electrons. The zero-order valence-electron chi connectivity index (χ0n) is 34.4. The Morgan fingerprint density at radius 3 is 1.75 bits per heavy atom. The Kier molecular flexibility index (Phi) is 10.1. The smallest absolute Gasteiger partial charge is 0.149 e. The number of hydrogen-bond acceptors (Lipinski definition) is 3. The van der Waals surface area contributed by atoms with Crippen LogP contribution in [0, 0.1) is 0 Å². The first-order valence-electron chi connectivity index (χ1n) is 19.3. The fourth-order valence-corrected chi connectivity index (χ4v) is 7.43. The second-order valence-corrected chi connectivity index (χ2v) is 18.1. The van der Waals surface area contributed by atoms with E-state index in [0.29, 0.717) is 22.6 Å². The van der Waals surface area contributed by atoms with Crippen molar-refractivity contribution in [1.82, 2.24) is 14.5 Å². The lowest BCUT2D eigenvalue weighted by Crippen LogP contribution is -2.55. The molecule has 0 aliphatic rings. The number of benzene rings is 5. The highest BCUT2D eigenvalue weighted by atomic mass is 16.3. The van der Waals surface area contributed by atoms with E-state index in [1.807, 2.05) is 30.3 Å². The van der Waals surface area contributed by atoms with E-state index in [-0.39, 0.29) is 49.3 Å². The lowest BCUT2D eigenvalue weighted by atomic mass is 9.59. The summed E-state index contributed by atoms with van der Waals surface area (Å²) in [6.45, 7) is 19.6. The van der Waals surface area contributed by atoms with Crippen LogP contribution in [0.2, 0.25) is 0 Å². The van der Waals surface area contributed by atoms with Gasteiger partial charge in [-0.25, -0.2) is 4.98 Å². The lowest BCUT2D eigenvalue weighted by Gasteiger charge is -2.27. The molecule has 57 heavy (non-hydrogen) atoms. The van der Waals surface area contributed by atoms with Gasteiger partial charge < -0.3 is 5.11 Å². The summed E-state index contributed by atoms with van der Waals surface area (Å²) in [6.07, 6.45) is 1.73. The summed E-state index contributed by atoms with van der Waals surface area (Å²) in [7, 11) is 31.6. The van der Waals surface area contributed by atoms with Crippen LogP contribution in [0.15, 0.2) is 97.2 Å². The minimum Gasteiger partial charge on any atom is -0.507 e. The molecule has 0 atom stereocenters. The van der Waals surface area contributed by atoms with Gasteiger partial charge >= 0.3 is 0 Å². The van der Waals surface area contributed by atoms with Crippen molar-refractivity contribution < 1.29 is 5.11 Å². The number of para-hydroxylation sites is 2. The number of aromatic nitrogens is 3. The molecule has 10 radical (unpaired) electrons. The number of pyridine rings is 1. The first-order chi connectivity index (χ1) is 26.7. The summed E-state index contributed by atoms with van der Waals surface area (Å²) >= 11 is 0. The summed E-state index contributed by atoms with van der Waals surface area (Å²) in [5.74, 6) is 0.898. The quantitative estimate of drug-likeness (QED) is 0.202. The van der Waals surface area contributed by atoms with Crippen LogP contribution < -0.4 is 27.3 Å². The summed E-state index contributed by atoms with van der Waals surface area (Å²) in [6, 6.07) is 31.0. The molecule has 4 nitrogen and oxygen atoms in total. The van der Waals surface area contributed by atoms with Gasteiger partial charge in [-0.15, -0.1) is 16.4 Å². The van der Waals surface area contributed by atoms with E-state index in [2.05, 4.69) is 128 Å². The first-order valence-corrected chi connectivity index (χ1v) is 19.3. The summed E-state index contributed by atoms with van der Waals surface area (Å²) in [5.41, 5.74) is 11.7. The minimum atomic E-state index is -0.311. The summed E-state index contributed by atoms with van der Waals surface area (Å²) in [4.78, 5) is 10.3. The highest BCUT2D eigenvalue weighted by Crippen LogP contribution is 2.44. The fourth-order valence-electron chi connectivity index (χ4n) is 7.43. The van der Waals surface area contributed by atoms with Gasteiger partial charge in [-0.05, 0) is 92.6 Å². The monoisotopic (exact) mass is 733 g/mol. The van der Waals surface area contributed by atoms with Crippen LogP contribution in [-0.4, -0.2) is 58.9 Å². The van der Waals surface area contributed by atoms with Gasteiger partial charge in [0.15, 0.2) is 0 Å². The fraction of sp³-hybridized carbons (Fsp3) is 0.250. The van der Waals surface area contributed by atoms with Crippen molar-refractivity contribution in [2.24, 2.45) is 0 Å². The Balaban J connectivity index is 1.50. The van der Waals surface area contributed by atoms with Gasteiger partial charge in [0.1, 0.15) is 50.8 Å². The van der Waals surface area contributed by atoms with Crippen molar-refractivity contribution in [2.45, 2.75) is 78.6 Å². The van der Waals surface area contributed by atoms with Crippen molar-refractivity contribution >= 4 is 77.6 Å². The highest BCUT2D eigenvalue weighted by Gasteiger charge is 2.29. The van der Waals surface area contributed by atoms with Crippen LogP contribution in [0.4, 0.5) is 0 Å². The van der Waals surface area contributed by atoms with Crippen LogP contribution in [0.25, 0.3) is 61.6 Å². The van der Waals surface area contributed by atoms with E-state index < -0.39 is 0 Å². The number of phenols is 1. The van der Waals surface area contributed by atoms with E-state index in [9.17, 15) is 5.11 Å². The van der Waals surface area contributed by atoms with Crippen LogP contribution in [-0.2, 0) is 16.2 Å². The predicted octanol–water partition coefficient (Wildman–Crippen LogP) is 6.66. The normalized spacial score (nSPS) is 12.4. The molecular formula is C48H44B5N3O. The number of hydrogen-bond donors (Lipinski definition) is 1. The number of rotatable bonds is 5. The molecule has 0 fully saturated rings. The SMILES string of the molecule is [B]c1c([B])c([B])c(-c2ccnc(-c3cc(-c4cccc5c4nc(-c4cc(C(C)(C)C)cc(C(C)(C)C)c4O)n5-c4ccccc4)cc(C(C)(C)C)c3)c2)c([B])c1[B]. The van der Waals surface area contributed by atoms with Crippen molar-refractivity contribution in [3.8, 4) is 56.3 Å². The van der Waals surface area contributed by atoms with Crippen molar-refractivity contribution in [1.29, 1.82) is 0 Å². The molecule has 5 aromatic carbocycles. The molecule has 0 bridgehead atoms. The average Bonchev–Trinajstić information content (AvgIpc) is 3.55. The number of aromatic hydroxyl groups is 1. The van der Waals surface area contributed by atoms with E-state index >= 15 is 0 Å². The molecule has 1 N–H and O–H groups in total. The predicted molar refractivity (Wildman–Crippen MR) is 245 cm³/mol. The van der Waals surface area contributed by atoms with Gasteiger partial charge in [-0.2, -0.15) is 0 Å². The van der Waals surface area contributed by atoms with E-state index in [1.165, 1.54) is 0 Å². The van der Waals surface area contributed by atoms with Gasteiger partial charge in [0.2, 0.25) is 0 Å². The average molecular weight is 733 g/mol. The van der Waals surface area contributed by atoms with Gasteiger partial charge in [0.25, 0.3) is 0 Å².